The highest BCUT2D eigenvalue weighted by atomic mass is 32.1. The number of aryl methyl sites for hydroxylation is 1. The number of benzene rings is 1. The van der Waals surface area contributed by atoms with Crippen LogP contribution in [0.1, 0.15) is 22.6 Å². The molecule has 3 rings (SSSR count). The highest BCUT2D eigenvalue weighted by molar-refractivity contribution is 7.09. The molecule has 0 spiro atoms. The van der Waals surface area contributed by atoms with E-state index in [0.717, 1.165) is 34.7 Å². The van der Waals surface area contributed by atoms with E-state index in [1.165, 1.54) is 11.3 Å². The molecule has 0 amide bonds. The van der Waals surface area contributed by atoms with Crippen molar-refractivity contribution in [1.29, 1.82) is 0 Å². The van der Waals surface area contributed by atoms with Crippen LogP contribution >= 0.6 is 11.3 Å². The van der Waals surface area contributed by atoms with Gasteiger partial charge in [-0.1, -0.05) is 23.5 Å². The molecule has 4 nitrogen and oxygen atoms in total. The smallest absolute Gasteiger partial charge is 0.304 e. The molecule has 1 atom stereocenters. The van der Waals surface area contributed by atoms with Gasteiger partial charge in [-0.3, -0.25) is 4.79 Å². The Kier molecular flexibility index (Phi) is 2.95. The van der Waals surface area contributed by atoms with Crippen LogP contribution < -0.4 is 15.3 Å². The standard InChI is InChI=1S/C14H16N2O2S/c1-18-10-4-2-3-9(7-10)14(15)6-5-11-12(8-14)19-13(17)16-11/h2-4,7H,5-6,8,15H2,1H3,(H,16,17). The quantitative estimate of drug-likeness (QED) is 0.878. The molecule has 1 unspecified atom stereocenters. The maximum Gasteiger partial charge on any atom is 0.304 e. The highest BCUT2D eigenvalue weighted by Gasteiger charge is 2.34. The molecular formula is C14H16N2O2S. The molecule has 1 aromatic carbocycles. The Hall–Kier alpha value is -1.59. The zero-order chi connectivity index (χ0) is 13.5. The van der Waals surface area contributed by atoms with Gasteiger partial charge in [-0.05, 0) is 30.5 Å². The van der Waals surface area contributed by atoms with Crippen molar-refractivity contribution in [3.05, 3.63) is 50.1 Å². The highest BCUT2D eigenvalue weighted by Crippen LogP contribution is 2.35. The second-order valence-corrected chi connectivity index (χ2v) is 6.05. The number of nitrogens with one attached hydrogen (secondary N) is 1. The van der Waals surface area contributed by atoms with Gasteiger partial charge in [-0.2, -0.15) is 0 Å². The third kappa shape index (κ3) is 2.19. The number of nitrogens with two attached hydrogens (primary N) is 1. The van der Waals surface area contributed by atoms with Crippen molar-refractivity contribution < 1.29 is 4.74 Å². The molecule has 1 heterocycles. The lowest BCUT2D eigenvalue weighted by molar-refractivity contribution is 0.379. The monoisotopic (exact) mass is 276 g/mol. The third-order valence-corrected chi connectivity index (χ3v) is 4.67. The summed E-state index contributed by atoms with van der Waals surface area (Å²) >= 11 is 1.27. The average Bonchev–Trinajstić information content (AvgIpc) is 2.78. The molecule has 0 saturated heterocycles. The van der Waals surface area contributed by atoms with Crippen molar-refractivity contribution in [2.75, 3.05) is 7.11 Å². The second-order valence-electron chi connectivity index (χ2n) is 4.98. The predicted octanol–water partition coefficient (Wildman–Crippen LogP) is 1.79. The van der Waals surface area contributed by atoms with E-state index in [0.29, 0.717) is 6.42 Å². The van der Waals surface area contributed by atoms with Crippen molar-refractivity contribution in [2.24, 2.45) is 5.73 Å². The summed E-state index contributed by atoms with van der Waals surface area (Å²) in [5.41, 5.74) is 8.28. The van der Waals surface area contributed by atoms with Crippen LogP contribution in [0.4, 0.5) is 0 Å². The van der Waals surface area contributed by atoms with Crippen LogP contribution in [0, 0.1) is 0 Å². The molecule has 5 heteroatoms. The SMILES string of the molecule is COc1cccc(C2(N)CCc3[nH]c(=O)sc3C2)c1. The average molecular weight is 276 g/mol. The normalized spacial score (nSPS) is 22.0. The van der Waals surface area contributed by atoms with Gasteiger partial charge in [0.15, 0.2) is 0 Å². The van der Waals surface area contributed by atoms with Gasteiger partial charge in [0, 0.05) is 22.5 Å². The summed E-state index contributed by atoms with van der Waals surface area (Å²) in [6.07, 6.45) is 2.36. The lowest BCUT2D eigenvalue weighted by Crippen LogP contribution is -2.41. The van der Waals surface area contributed by atoms with Gasteiger partial charge in [0.05, 0.1) is 7.11 Å². The van der Waals surface area contributed by atoms with Crippen LogP contribution in [-0.2, 0) is 18.4 Å². The fourth-order valence-corrected chi connectivity index (χ4v) is 3.64. The van der Waals surface area contributed by atoms with Crippen molar-refractivity contribution >= 4 is 11.3 Å². The van der Waals surface area contributed by atoms with Gasteiger partial charge in [0.1, 0.15) is 5.75 Å². The molecule has 2 aromatic rings. The molecule has 0 radical (unpaired) electrons. The number of ether oxygens (including phenoxy) is 1. The molecule has 1 aromatic heterocycles. The van der Waals surface area contributed by atoms with Crippen molar-refractivity contribution in [3.8, 4) is 5.75 Å². The Bertz CT molecular complexity index is 661. The van der Waals surface area contributed by atoms with Crippen LogP contribution in [0.15, 0.2) is 29.1 Å². The molecule has 19 heavy (non-hydrogen) atoms. The number of hydrogen-bond donors (Lipinski definition) is 2. The maximum absolute atomic E-state index is 11.4. The number of methoxy groups -OCH3 is 1. The molecule has 1 aliphatic rings. The molecular weight excluding hydrogens is 260 g/mol. The van der Waals surface area contributed by atoms with Gasteiger partial charge < -0.3 is 15.5 Å². The summed E-state index contributed by atoms with van der Waals surface area (Å²) in [7, 11) is 1.65. The van der Waals surface area contributed by atoms with E-state index in [9.17, 15) is 4.79 Å². The van der Waals surface area contributed by atoms with Crippen molar-refractivity contribution in [1.82, 2.24) is 4.98 Å². The predicted molar refractivity (Wildman–Crippen MR) is 75.8 cm³/mol. The van der Waals surface area contributed by atoms with Crippen molar-refractivity contribution in [3.63, 3.8) is 0 Å². The van der Waals surface area contributed by atoms with E-state index in [4.69, 9.17) is 10.5 Å². The molecule has 0 bridgehead atoms. The number of aromatic nitrogens is 1. The number of H-pyrrole nitrogens is 1. The number of hydrogen-bond acceptors (Lipinski definition) is 4. The Morgan fingerprint density at radius 1 is 1.47 bits per heavy atom. The fraction of sp³-hybridized carbons (Fsp3) is 0.357. The van der Waals surface area contributed by atoms with Gasteiger partial charge >= 0.3 is 4.87 Å². The first kappa shape index (κ1) is 12.4. The molecule has 0 fully saturated rings. The molecule has 0 saturated carbocycles. The Morgan fingerprint density at radius 3 is 3.11 bits per heavy atom. The summed E-state index contributed by atoms with van der Waals surface area (Å²) in [4.78, 5) is 15.4. The summed E-state index contributed by atoms with van der Waals surface area (Å²) < 4.78 is 5.26. The second kappa shape index (κ2) is 4.51. The molecule has 0 aliphatic heterocycles. The Morgan fingerprint density at radius 2 is 2.32 bits per heavy atom. The number of rotatable bonds is 2. The van der Waals surface area contributed by atoms with Gasteiger partial charge in [0.25, 0.3) is 0 Å². The van der Waals surface area contributed by atoms with E-state index >= 15 is 0 Å². The van der Waals surface area contributed by atoms with Crippen LogP contribution in [0.3, 0.4) is 0 Å². The van der Waals surface area contributed by atoms with E-state index in [2.05, 4.69) is 4.98 Å². The van der Waals surface area contributed by atoms with E-state index in [1.807, 2.05) is 24.3 Å². The summed E-state index contributed by atoms with van der Waals surface area (Å²) in [5.74, 6) is 0.815. The number of fused-ring (bicyclic) bond motifs is 1. The summed E-state index contributed by atoms with van der Waals surface area (Å²) in [6, 6.07) is 7.89. The first-order valence-corrected chi connectivity index (χ1v) is 7.07. The van der Waals surface area contributed by atoms with Gasteiger partial charge in [0.2, 0.25) is 0 Å². The van der Waals surface area contributed by atoms with Gasteiger partial charge in [-0.15, -0.1) is 0 Å². The van der Waals surface area contributed by atoms with Crippen LogP contribution in [-0.4, -0.2) is 12.1 Å². The first-order chi connectivity index (χ1) is 9.10. The van der Waals surface area contributed by atoms with Gasteiger partial charge in [-0.25, -0.2) is 0 Å². The van der Waals surface area contributed by atoms with Crippen LogP contribution in [0.25, 0.3) is 0 Å². The van der Waals surface area contributed by atoms with Crippen LogP contribution in [0.5, 0.6) is 5.75 Å². The Labute approximate surface area is 115 Å². The van der Waals surface area contributed by atoms with E-state index < -0.39 is 5.54 Å². The summed E-state index contributed by atoms with van der Waals surface area (Å²) in [6.45, 7) is 0. The summed E-state index contributed by atoms with van der Waals surface area (Å²) in [5, 5.41) is 0. The minimum absolute atomic E-state index is 0.0138. The fourth-order valence-electron chi connectivity index (χ4n) is 2.64. The molecule has 1 aliphatic carbocycles. The third-order valence-electron chi connectivity index (χ3n) is 3.75. The minimum Gasteiger partial charge on any atom is -0.497 e. The van der Waals surface area contributed by atoms with Crippen molar-refractivity contribution in [2.45, 2.75) is 24.8 Å². The zero-order valence-electron chi connectivity index (χ0n) is 10.7. The minimum atomic E-state index is -0.410. The lowest BCUT2D eigenvalue weighted by atomic mass is 9.78. The maximum atomic E-state index is 11.4. The zero-order valence-corrected chi connectivity index (χ0v) is 11.5. The number of thiazole rings is 1. The molecule has 100 valence electrons. The Balaban J connectivity index is 1.98. The van der Waals surface area contributed by atoms with E-state index in [1.54, 1.807) is 7.11 Å². The largest absolute Gasteiger partial charge is 0.497 e. The first-order valence-electron chi connectivity index (χ1n) is 6.25. The van der Waals surface area contributed by atoms with Crippen LogP contribution in [0.2, 0.25) is 0 Å². The topological polar surface area (TPSA) is 68.1 Å². The van der Waals surface area contributed by atoms with E-state index in [-0.39, 0.29) is 4.87 Å². The number of aromatic amines is 1. The molecule has 3 N–H and O–H groups in total. The lowest BCUT2D eigenvalue weighted by Gasteiger charge is -2.33.